The highest BCUT2D eigenvalue weighted by atomic mass is 79.9. The smallest absolute Gasteiger partial charge is 0.0887 e. The number of thiophene rings is 1. The first-order valence-electron chi connectivity index (χ1n) is 5.00. The van der Waals surface area contributed by atoms with Gasteiger partial charge in [0, 0.05) is 4.88 Å². The van der Waals surface area contributed by atoms with Crippen LogP contribution in [-0.4, -0.2) is 0 Å². The first kappa shape index (κ1) is 15.0. The van der Waals surface area contributed by atoms with Crippen molar-refractivity contribution in [1.29, 1.82) is 0 Å². The van der Waals surface area contributed by atoms with Crippen molar-refractivity contribution in [3.05, 3.63) is 53.6 Å². The molecule has 1 aromatic carbocycles. The minimum Gasteiger partial charge on any atom is -0.130 e. The summed E-state index contributed by atoms with van der Waals surface area (Å²) in [5.41, 5.74) is 1.05. The van der Waals surface area contributed by atoms with Crippen LogP contribution >= 0.6 is 73.7 Å². The number of rotatable bonds is 3. The van der Waals surface area contributed by atoms with Gasteiger partial charge in [-0.1, -0.05) is 40.9 Å². The highest BCUT2D eigenvalue weighted by molar-refractivity contribution is 9.11. The van der Waals surface area contributed by atoms with E-state index < -0.39 is 0 Å². The molecule has 6 heteroatoms. The molecule has 0 N–H and O–H groups in total. The van der Waals surface area contributed by atoms with Gasteiger partial charge in [-0.15, -0.1) is 22.9 Å². The number of benzene rings is 1. The molecule has 2 aromatic rings. The first-order chi connectivity index (χ1) is 8.47. The third-order valence-electron chi connectivity index (χ3n) is 2.37. The van der Waals surface area contributed by atoms with Crippen LogP contribution in [0.2, 0.25) is 15.1 Å². The Bertz CT molecular complexity index is 548. The van der Waals surface area contributed by atoms with E-state index in [0.29, 0.717) is 21.5 Å². The summed E-state index contributed by atoms with van der Waals surface area (Å²) >= 11 is 29.1. The van der Waals surface area contributed by atoms with Crippen LogP contribution in [0, 0.1) is 0 Å². The molecule has 0 amide bonds. The van der Waals surface area contributed by atoms with Gasteiger partial charge in [-0.2, -0.15) is 0 Å². The number of alkyl halides is 1. The number of hydrogen-bond acceptors (Lipinski definition) is 1. The second kappa shape index (κ2) is 6.34. The van der Waals surface area contributed by atoms with Crippen LogP contribution in [0.15, 0.2) is 28.1 Å². The molecule has 0 nitrogen and oxygen atoms in total. The molecule has 0 saturated heterocycles. The summed E-state index contributed by atoms with van der Waals surface area (Å²) in [4.78, 5) is 1.03. The second-order valence-corrected chi connectivity index (χ2v) is 7.84. The summed E-state index contributed by atoms with van der Waals surface area (Å²) in [6, 6.07) is 7.42. The van der Waals surface area contributed by atoms with Gasteiger partial charge in [-0.25, -0.2) is 0 Å². The Kier molecular flexibility index (Phi) is 5.27. The normalized spacial score (nSPS) is 12.7. The quantitative estimate of drug-likeness (QED) is 0.483. The molecule has 0 aliphatic carbocycles. The fourth-order valence-corrected chi connectivity index (χ4v) is 3.91. The predicted molar refractivity (Wildman–Crippen MR) is 85.8 cm³/mol. The Morgan fingerprint density at radius 2 is 1.78 bits per heavy atom. The maximum absolute atomic E-state index is 6.37. The molecule has 1 atom stereocenters. The van der Waals surface area contributed by atoms with E-state index in [0.717, 1.165) is 14.2 Å². The minimum absolute atomic E-state index is 0.129. The summed E-state index contributed by atoms with van der Waals surface area (Å²) in [6.45, 7) is 0. The van der Waals surface area contributed by atoms with Crippen molar-refractivity contribution >= 4 is 73.7 Å². The van der Waals surface area contributed by atoms with Gasteiger partial charge in [0.25, 0.3) is 0 Å². The van der Waals surface area contributed by atoms with E-state index in [-0.39, 0.29) is 5.38 Å². The van der Waals surface area contributed by atoms with E-state index in [2.05, 4.69) is 15.9 Å². The predicted octanol–water partition coefficient (Wildman–Crippen LogP) is 6.99. The second-order valence-electron chi connectivity index (χ2n) is 3.69. The Morgan fingerprint density at radius 3 is 2.33 bits per heavy atom. The number of hydrogen-bond donors (Lipinski definition) is 0. The van der Waals surface area contributed by atoms with Crippen LogP contribution in [0.25, 0.3) is 0 Å². The standard InChI is InChI=1S/C12H7BrCl4S/c13-12-10(17)5-11(18-12)9(16)4-6-1-2-7(14)8(15)3-6/h1-3,5,9H,4H2. The zero-order valence-corrected chi connectivity index (χ0v) is 14.3. The Hall–Kier alpha value is 0.560. The van der Waals surface area contributed by atoms with Crippen molar-refractivity contribution in [2.24, 2.45) is 0 Å². The maximum atomic E-state index is 6.37. The van der Waals surface area contributed by atoms with Crippen molar-refractivity contribution in [3.8, 4) is 0 Å². The van der Waals surface area contributed by atoms with Crippen LogP contribution in [0.1, 0.15) is 15.8 Å². The topological polar surface area (TPSA) is 0 Å². The van der Waals surface area contributed by atoms with Gasteiger partial charge in [0.1, 0.15) is 0 Å². The summed E-state index contributed by atoms with van der Waals surface area (Å²) in [5, 5.41) is 1.66. The van der Waals surface area contributed by atoms with Gasteiger partial charge in [0.2, 0.25) is 0 Å². The third-order valence-corrected chi connectivity index (χ3v) is 6.22. The molecule has 0 spiro atoms. The first-order valence-corrected chi connectivity index (χ1v) is 8.18. The maximum Gasteiger partial charge on any atom is 0.0887 e. The molecule has 18 heavy (non-hydrogen) atoms. The molecule has 1 aromatic heterocycles. The molecule has 96 valence electrons. The van der Waals surface area contributed by atoms with Crippen LogP contribution in [-0.2, 0) is 6.42 Å². The zero-order chi connectivity index (χ0) is 13.3. The van der Waals surface area contributed by atoms with E-state index in [1.165, 1.54) is 0 Å². The zero-order valence-electron chi connectivity index (χ0n) is 8.89. The molecule has 1 unspecified atom stereocenters. The summed E-state index contributed by atoms with van der Waals surface area (Å²) in [6.07, 6.45) is 0.682. The van der Waals surface area contributed by atoms with Crippen molar-refractivity contribution in [2.45, 2.75) is 11.8 Å². The van der Waals surface area contributed by atoms with E-state index >= 15 is 0 Å². The molecule has 2 rings (SSSR count). The summed E-state index contributed by atoms with van der Waals surface area (Å²) in [5.74, 6) is 0. The van der Waals surface area contributed by atoms with E-state index in [9.17, 15) is 0 Å². The van der Waals surface area contributed by atoms with E-state index in [1.54, 1.807) is 17.4 Å². The van der Waals surface area contributed by atoms with Crippen molar-refractivity contribution in [2.75, 3.05) is 0 Å². The lowest BCUT2D eigenvalue weighted by Gasteiger charge is -2.08. The molecular formula is C12H7BrCl4S. The van der Waals surface area contributed by atoms with Gasteiger partial charge in [-0.3, -0.25) is 0 Å². The Labute approximate surface area is 138 Å². The van der Waals surface area contributed by atoms with Gasteiger partial charge in [-0.05, 0) is 46.1 Å². The van der Waals surface area contributed by atoms with Crippen LogP contribution < -0.4 is 0 Å². The molecule has 0 aliphatic heterocycles. The van der Waals surface area contributed by atoms with E-state index in [1.807, 2.05) is 18.2 Å². The summed E-state index contributed by atoms with van der Waals surface area (Å²) in [7, 11) is 0. The van der Waals surface area contributed by atoms with Gasteiger partial charge >= 0.3 is 0 Å². The monoisotopic (exact) mass is 402 g/mol. The average molecular weight is 405 g/mol. The molecule has 0 bridgehead atoms. The summed E-state index contributed by atoms with van der Waals surface area (Å²) < 4.78 is 0.902. The van der Waals surface area contributed by atoms with Crippen molar-refractivity contribution < 1.29 is 0 Å². The lowest BCUT2D eigenvalue weighted by molar-refractivity contribution is 0.940. The van der Waals surface area contributed by atoms with Gasteiger partial charge < -0.3 is 0 Å². The highest BCUT2D eigenvalue weighted by Crippen LogP contribution is 2.39. The fourth-order valence-electron chi connectivity index (χ4n) is 1.49. The van der Waals surface area contributed by atoms with Gasteiger partial charge in [0.15, 0.2) is 0 Å². The minimum atomic E-state index is -0.129. The molecule has 0 aliphatic rings. The average Bonchev–Trinajstić information content (AvgIpc) is 2.65. The Balaban J connectivity index is 2.15. The third kappa shape index (κ3) is 3.56. The van der Waals surface area contributed by atoms with Crippen LogP contribution in [0.3, 0.4) is 0 Å². The van der Waals surface area contributed by atoms with Crippen LogP contribution in [0.4, 0.5) is 0 Å². The lowest BCUT2D eigenvalue weighted by Crippen LogP contribution is -1.93. The molecule has 0 radical (unpaired) electrons. The lowest BCUT2D eigenvalue weighted by atomic mass is 10.1. The SMILES string of the molecule is Clc1ccc(CC(Cl)c2cc(Cl)c(Br)s2)cc1Cl. The van der Waals surface area contributed by atoms with Crippen LogP contribution in [0.5, 0.6) is 0 Å². The molecule has 1 heterocycles. The van der Waals surface area contributed by atoms with Crippen molar-refractivity contribution in [3.63, 3.8) is 0 Å². The molecule has 0 saturated carbocycles. The molecule has 0 fully saturated rings. The van der Waals surface area contributed by atoms with Gasteiger partial charge in [0.05, 0.1) is 24.2 Å². The largest absolute Gasteiger partial charge is 0.130 e. The fraction of sp³-hybridized carbons (Fsp3) is 0.167. The molecular weight excluding hydrogens is 398 g/mol. The Morgan fingerprint density at radius 1 is 1.06 bits per heavy atom. The van der Waals surface area contributed by atoms with E-state index in [4.69, 9.17) is 46.4 Å². The number of halogens is 5. The van der Waals surface area contributed by atoms with Crippen molar-refractivity contribution in [1.82, 2.24) is 0 Å². The highest BCUT2D eigenvalue weighted by Gasteiger charge is 2.14.